The van der Waals surface area contributed by atoms with Crippen LogP contribution in [0.3, 0.4) is 0 Å². The number of phenols is 1. The largest absolute Gasteiger partial charge is 0.507 e. The van der Waals surface area contributed by atoms with Crippen molar-refractivity contribution < 1.29 is 23.8 Å². The monoisotopic (exact) mass is 266 g/mol. The summed E-state index contributed by atoms with van der Waals surface area (Å²) in [6.45, 7) is 0. The number of hydrogen-bond acceptors (Lipinski definition) is 4. The number of carbonyl (C=O) groups excluding carboxylic acids is 1. The first kappa shape index (κ1) is 12.7. The van der Waals surface area contributed by atoms with Gasteiger partial charge in [0.25, 0.3) is 5.91 Å². The molecule has 1 heterocycles. The van der Waals surface area contributed by atoms with Crippen LogP contribution in [0.25, 0.3) is 0 Å². The molecule has 0 aliphatic heterocycles. The van der Waals surface area contributed by atoms with Gasteiger partial charge in [-0.05, 0) is 12.1 Å². The van der Waals surface area contributed by atoms with Crippen molar-refractivity contribution in [2.45, 2.75) is 0 Å². The minimum absolute atomic E-state index is 0.198. The van der Waals surface area contributed by atoms with Gasteiger partial charge in [-0.15, -0.1) is 0 Å². The number of carbonyl (C=O) groups is 1. The van der Waals surface area contributed by atoms with Crippen molar-refractivity contribution in [2.75, 3.05) is 5.32 Å². The average Bonchev–Trinajstić information content (AvgIpc) is 2.30. The number of halogens is 2. The molecule has 0 unspecified atom stereocenters. The van der Waals surface area contributed by atoms with E-state index in [4.69, 9.17) is 0 Å². The molecule has 2 rings (SSSR count). The van der Waals surface area contributed by atoms with Crippen LogP contribution < -0.4 is 5.32 Å². The average molecular weight is 266 g/mol. The van der Waals surface area contributed by atoms with E-state index >= 15 is 0 Å². The van der Waals surface area contributed by atoms with Crippen molar-refractivity contribution >= 4 is 11.7 Å². The second-order valence-electron chi connectivity index (χ2n) is 3.61. The fourth-order valence-electron chi connectivity index (χ4n) is 1.45. The highest BCUT2D eigenvalue weighted by atomic mass is 19.1. The molecule has 98 valence electrons. The molecule has 5 nitrogen and oxygen atoms in total. The highest BCUT2D eigenvalue weighted by Gasteiger charge is 2.19. The summed E-state index contributed by atoms with van der Waals surface area (Å²) in [4.78, 5) is 15.4. The molecular weight excluding hydrogens is 258 g/mol. The van der Waals surface area contributed by atoms with E-state index < -0.39 is 28.9 Å². The maximum absolute atomic E-state index is 13.4. The van der Waals surface area contributed by atoms with Crippen LogP contribution in [-0.4, -0.2) is 21.1 Å². The lowest BCUT2D eigenvalue weighted by atomic mass is 10.1. The predicted octanol–water partition coefficient (Wildman–Crippen LogP) is 2.02. The maximum atomic E-state index is 13.4. The van der Waals surface area contributed by atoms with Crippen LogP contribution in [0.2, 0.25) is 0 Å². The highest BCUT2D eigenvalue weighted by molar-refractivity contribution is 6.06. The summed E-state index contributed by atoms with van der Waals surface area (Å²) in [6, 6.07) is 3.77. The van der Waals surface area contributed by atoms with Crippen LogP contribution >= 0.6 is 0 Å². The van der Waals surface area contributed by atoms with Gasteiger partial charge in [0.1, 0.15) is 22.9 Å². The summed E-state index contributed by atoms with van der Waals surface area (Å²) in [5.74, 6) is -4.64. The van der Waals surface area contributed by atoms with Crippen molar-refractivity contribution in [2.24, 2.45) is 0 Å². The number of benzene rings is 1. The summed E-state index contributed by atoms with van der Waals surface area (Å²) >= 11 is 0. The van der Waals surface area contributed by atoms with E-state index in [0.29, 0.717) is 12.1 Å². The number of nitrogens with one attached hydrogen (secondary N) is 1. The van der Waals surface area contributed by atoms with Gasteiger partial charge in [-0.2, -0.15) is 0 Å². The molecular formula is C12H8F2N2O3. The van der Waals surface area contributed by atoms with Crippen LogP contribution in [-0.2, 0) is 0 Å². The van der Waals surface area contributed by atoms with E-state index in [9.17, 15) is 23.8 Å². The summed E-state index contributed by atoms with van der Waals surface area (Å²) < 4.78 is 26.2. The second kappa shape index (κ2) is 4.89. The minimum atomic E-state index is -1.22. The lowest BCUT2D eigenvalue weighted by Crippen LogP contribution is -2.15. The fourth-order valence-corrected chi connectivity index (χ4v) is 1.45. The zero-order valence-electron chi connectivity index (χ0n) is 9.39. The highest BCUT2D eigenvalue weighted by Crippen LogP contribution is 2.25. The lowest BCUT2D eigenvalue weighted by molar-refractivity contribution is 0.101. The Labute approximate surface area is 106 Å². The molecule has 3 N–H and O–H groups in total. The number of amides is 1. The Kier molecular flexibility index (Phi) is 3.28. The Morgan fingerprint density at radius 2 is 1.95 bits per heavy atom. The lowest BCUT2D eigenvalue weighted by Gasteiger charge is -2.08. The smallest absolute Gasteiger partial charge is 0.263 e. The number of phenolic OH excluding ortho intramolecular Hbond substituents is 1. The first-order chi connectivity index (χ1) is 8.99. The quantitative estimate of drug-likeness (QED) is 0.776. The molecule has 0 aliphatic rings. The van der Waals surface area contributed by atoms with E-state index in [2.05, 4.69) is 10.3 Å². The van der Waals surface area contributed by atoms with E-state index in [-0.39, 0.29) is 11.6 Å². The number of anilines is 1. The number of pyridine rings is 1. The molecule has 0 spiro atoms. The molecule has 7 heteroatoms. The van der Waals surface area contributed by atoms with E-state index in [1.165, 1.54) is 18.3 Å². The maximum Gasteiger partial charge on any atom is 0.263 e. The topological polar surface area (TPSA) is 82.5 Å². The van der Waals surface area contributed by atoms with E-state index in [1.54, 1.807) is 0 Å². The SMILES string of the molecule is O=C(Nc1ncccc1O)c1c(O)cc(F)cc1F. The third-order valence-electron chi connectivity index (χ3n) is 2.28. The van der Waals surface area contributed by atoms with Crippen molar-refractivity contribution in [3.05, 3.63) is 47.7 Å². The Bertz CT molecular complexity index is 624. The molecule has 0 radical (unpaired) electrons. The van der Waals surface area contributed by atoms with Crippen molar-refractivity contribution in [1.29, 1.82) is 0 Å². The number of aromatic hydroxyl groups is 2. The third kappa shape index (κ3) is 2.59. The second-order valence-corrected chi connectivity index (χ2v) is 3.61. The molecule has 0 saturated carbocycles. The van der Waals surface area contributed by atoms with Gasteiger partial charge in [0.15, 0.2) is 11.6 Å². The number of nitrogens with zero attached hydrogens (tertiary/aromatic N) is 1. The summed E-state index contributed by atoms with van der Waals surface area (Å²) in [6.07, 6.45) is 1.30. The molecule has 0 aliphatic carbocycles. The predicted molar refractivity (Wildman–Crippen MR) is 61.9 cm³/mol. The van der Waals surface area contributed by atoms with Crippen molar-refractivity contribution in [1.82, 2.24) is 4.98 Å². The molecule has 0 fully saturated rings. The van der Waals surface area contributed by atoms with Gasteiger partial charge >= 0.3 is 0 Å². The van der Waals surface area contributed by atoms with Crippen molar-refractivity contribution in [3.63, 3.8) is 0 Å². The minimum Gasteiger partial charge on any atom is -0.507 e. The Morgan fingerprint density at radius 3 is 2.58 bits per heavy atom. The summed E-state index contributed by atoms with van der Waals surface area (Å²) in [7, 11) is 0. The zero-order valence-corrected chi connectivity index (χ0v) is 9.39. The molecule has 1 amide bonds. The summed E-state index contributed by atoms with van der Waals surface area (Å²) in [5.41, 5.74) is -0.730. The van der Waals surface area contributed by atoms with Gasteiger partial charge in [0.05, 0.1) is 0 Å². The van der Waals surface area contributed by atoms with E-state index in [1.807, 2.05) is 0 Å². The molecule has 0 atom stereocenters. The standard InChI is InChI=1S/C12H8F2N2O3/c13-6-4-7(14)10(9(18)5-6)12(19)16-11-8(17)2-1-3-15-11/h1-5,17-18H,(H,15,16,19). The van der Waals surface area contributed by atoms with Gasteiger partial charge < -0.3 is 15.5 Å². The molecule has 2 aromatic rings. The van der Waals surface area contributed by atoms with Crippen LogP contribution in [0.1, 0.15) is 10.4 Å². The van der Waals surface area contributed by atoms with Crippen molar-refractivity contribution in [3.8, 4) is 11.5 Å². The van der Waals surface area contributed by atoms with Gasteiger partial charge in [-0.1, -0.05) is 0 Å². The van der Waals surface area contributed by atoms with E-state index in [0.717, 1.165) is 0 Å². The Balaban J connectivity index is 2.34. The molecule has 0 saturated heterocycles. The van der Waals surface area contributed by atoms with Crippen LogP contribution in [0, 0.1) is 11.6 Å². The number of rotatable bonds is 2. The van der Waals surface area contributed by atoms with Gasteiger partial charge in [0.2, 0.25) is 0 Å². The van der Waals surface area contributed by atoms with Crippen LogP contribution in [0.4, 0.5) is 14.6 Å². The first-order valence-corrected chi connectivity index (χ1v) is 5.12. The van der Waals surface area contributed by atoms with Crippen LogP contribution in [0.15, 0.2) is 30.5 Å². The van der Waals surface area contributed by atoms with Gasteiger partial charge in [0, 0.05) is 18.3 Å². The van der Waals surface area contributed by atoms with Gasteiger partial charge in [-0.25, -0.2) is 13.8 Å². The molecule has 1 aromatic heterocycles. The fraction of sp³-hybridized carbons (Fsp3) is 0. The molecule has 1 aromatic carbocycles. The number of hydrogen-bond donors (Lipinski definition) is 3. The Morgan fingerprint density at radius 1 is 1.21 bits per heavy atom. The molecule has 19 heavy (non-hydrogen) atoms. The summed E-state index contributed by atoms with van der Waals surface area (Å²) in [5, 5.41) is 20.9. The first-order valence-electron chi connectivity index (χ1n) is 5.12. The third-order valence-corrected chi connectivity index (χ3v) is 2.28. The Hall–Kier alpha value is -2.70. The molecule has 0 bridgehead atoms. The van der Waals surface area contributed by atoms with Crippen LogP contribution in [0.5, 0.6) is 11.5 Å². The zero-order chi connectivity index (χ0) is 14.0. The normalized spacial score (nSPS) is 10.2. The number of aromatic nitrogens is 1. The van der Waals surface area contributed by atoms with Gasteiger partial charge in [-0.3, -0.25) is 4.79 Å².